The Morgan fingerprint density at radius 3 is 2.00 bits per heavy atom. The smallest absolute Gasteiger partial charge is 0.115 e. The summed E-state index contributed by atoms with van der Waals surface area (Å²) >= 11 is 0. The fraction of sp³-hybridized carbons (Fsp3) is 0.235. The van der Waals surface area contributed by atoms with Crippen LogP contribution >= 0.6 is 0 Å². The van der Waals surface area contributed by atoms with Crippen LogP contribution in [0.4, 0.5) is 17.1 Å². The van der Waals surface area contributed by atoms with Gasteiger partial charge in [-0.25, -0.2) is 4.99 Å². The summed E-state index contributed by atoms with van der Waals surface area (Å²) in [4.78, 5) is 9.11. The van der Waals surface area contributed by atoms with Crippen LogP contribution in [0.15, 0.2) is 47.5 Å². The standard InChI is InChI=1S/C17H19N3/c1-19(2)16-15(17(16)20(3)4)18-14-11-7-9-12-8-5-6-10-13(12)14/h5-11H,1-4H3. The van der Waals surface area contributed by atoms with Crippen molar-refractivity contribution in [2.45, 2.75) is 0 Å². The third kappa shape index (κ3) is 2.05. The Labute approximate surface area is 119 Å². The van der Waals surface area contributed by atoms with Gasteiger partial charge in [0, 0.05) is 33.6 Å². The van der Waals surface area contributed by atoms with E-state index in [0.29, 0.717) is 0 Å². The summed E-state index contributed by atoms with van der Waals surface area (Å²) in [5.74, 6) is 0. The van der Waals surface area contributed by atoms with Gasteiger partial charge in [0.1, 0.15) is 5.36 Å². The van der Waals surface area contributed by atoms with Gasteiger partial charge in [-0.1, -0.05) is 36.4 Å². The van der Waals surface area contributed by atoms with Crippen molar-refractivity contribution in [1.82, 2.24) is 0 Å². The maximum absolute atomic E-state index is 4.86. The van der Waals surface area contributed by atoms with Crippen molar-refractivity contribution in [1.29, 1.82) is 0 Å². The summed E-state index contributed by atoms with van der Waals surface area (Å²) in [6.45, 7) is 0. The number of benzene rings is 2. The van der Waals surface area contributed by atoms with E-state index >= 15 is 0 Å². The minimum atomic E-state index is 1.04. The van der Waals surface area contributed by atoms with E-state index in [-0.39, 0.29) is 0 Å². The van der Waals surface area contributed by atoms with Gasteiger partial charge in [0.15, 0.2) is 0 Å². The van der Waals surface area contributed by atoms with Crippen molar-refractivity contribution >= 4 is 27.8 Å². The fourth-order valence-electron chi connectivity index (χ4n) is 2.54. The largest absolute Gasteiger partial charge is 0.374 e. The van der Waals surface area contributed by atoms with Crippen molar-refractivity contribution in [3.8, 4) is 0 Å². The first-order valence-corrected chi connectivity index (χ1v) is 6.75. The monoisotopic (exact) mass is 265 g/mol. The molecular weight excluding hydrogens is 246 g/mol. The van der Waals surface area contributed by atoms with Gasteiger partial charge in [0.05, 0.1) is 17.1 Å². The molecule has 3 heteroatoms. The van der Waals surface area contributed by atoms with Crippen molar-refractivity contribution < 1.29 is 0 Å². The summed E-state index contributed by atoms with van der Waals surface area (Å²) < 4.78 is 0. The van der Waals surface area contributed by atoms with Crippen LogP contribution in [-0.4, -0.2) is 28.2 Å². The Balaban J connectivity index is 2.16. The van der Waals surface area contributed by atoms with Gasteiger partial charge in [-0.2, -0.15) is 0 Å². The van der Waals surface area contributed by atoms with Gasteiger partial charge in [0.2, 0.25) is 0 Å². The molecule has 102 valence electrons. The zero-order valence-electron chi connectivity index (χ0n) is 12.4. The van der Waals surface area contributed by atoms with E-state index < -0.39 is 0 Å². The van der Waals surface area contributed by atoms with E-state index in [1.54, 1.807) is 0 Å². The second kappa shape index (κ2) is 4.67. The molecule has 0 amide bonds. The highest BCUT2D eigenvalue weighted by molar-refractivity contribution is 5.93. The molecular formula is C17H19N3. The van der Waals surface area contributed by atoms with Gasteiger partial charge in [0.25, 0.3) is 0 Å². The maximum atomic E-state index is 4.86. The summed E-state index contributed by atoms with van der Waals surface area (Å²) in [7, 11) is 8.24. The van der Waals surface area contributed by atoms with Crippen LogP contribution in [0.5, 0.6) is 0 Å². The minimum Gasteiger partial charge on any atom is -0.374 e. The average molecular weight is 265 g/mol. The summed E-state index contributed by atoms with van der Waals surface area (Å²) in [6, 6.07) is 14.6. The van der Waals surface area contributed by atoms with E-state index in [1.165, 1.54) is 22.1 Å². The SMILES string of the molecule is CN(C)c1c(N(C)C)c1=Nc1cccc2ccccc12. The Morgan fingerprint density at radius 2 is 1.35 bits per heavy atom. The van der Waals surface area contributed by atoms with Gasteiger partial charge >= 0.3 is 0 Å². The molecule has 0 bridgehead atoms. The van der Waals surface area contributed by atoms with Gasteiger partial charge in [-0.3, -0.25) is 0 Å². The highest BCUT2D eigenvalue weighted by atomic mass is 15.2. The molecule has 0 radical (unpaired) electrons. The van der Waals surface area contributed by atoms with Crippen LogP contribution in [-0.2, 0) is 0 Å². The number of nitrogens with zero attached hydrogens (tertiary/aromatic N) is 3. The predicted octanol–water partition coefficient (Wildman–Crippen LogP) is 3.08. The van der Waals surface area contributed by atoms with Crippen LogP contribution in [0.3, 0.4) is 0 Å². The summed E-state index contributed by atoms with van der Waals surface area (Å²) in [6.07, 6.45) is 0. The highest BCUT2D eigenvalue weighted by Gasteiger charge is 2.23. The molecule has 0 aliphatic carbocycles. The molecule has 3 rings (SSSR count). The fourth-order valence-corrected chi connectivity index (χ4v) is 2.54. The minimum absolute atomic E-state index is 1.04. The third-order valence-corrected chi connectivity index (χ3v) is 3.50. The molecule has 0 heterocycles. The van der Waals surface area contributed by atoms with Gasteiger partial charge in [-0.15, -0.1) is 0 Å². The van der Waals surface area contributed by atoms with Crippen LogP contribution in [0.1, 0.15) is 0 Å². The summed E-state index contributed by atoms with van der Waals surface area (Å²) in [5.41, 5.74) is 3.49. The molecule has 0 aliphatic heterocycles. The lowest BCUT2D eigenvalue weighted by Gasteiger charge is -2.07. The third-order valence-electron chi connectivity index (χ3n) is 3.50. The van der Waals surface area contributed by atoms with Crippen LogP contribution in [0.25, 0.3) is 10.8 Å². The highest BCUT2D eigenvalue weighted by Crippen LogP contribution is 2.32. The number of anilines is 2. The van der Waals surface area contributed by atoms with E-state index in [0.717, 1.165) is 11.0 Å². The zero-order valence-corrected chi connectivity index (χ0v) is 12.4. The Morgan fingerprint density at radius 1 is 0.750 bits per heavy atom. The lowest BCUT2D eigenvalue weighted by Crippen LogP contribution is -2.08. The Bertz CT molecular complexity index is 746. The molecule has 0 N–H and O–H groups in total. The lowest BCUT2D eigenvalue weighted by atomic mass is 10.1. The van der Waals surface area contributed by atoms with E-state index in [2.05, 4.69) is 80.5 Å². The molecule has 3 nitrogen and oxygen atoms in total. The zero-order chi connectivity index (χ0) is 14.3. The Hall–Kier alpha value is -2.29. The molecule has 0 spiro atoms. The first-order chi connectivity index (χ1) is 9.59. The van der Waals surface area contributed by atoms with Crippen molar-refractivity contribution in [2.24, 2.45) is 4.99 Å². The lowest BCUT2D eigenvalue weighted by molar-refractivity contribution is 1.12. The number of fused-ring (bicyclic) bond motifs is 1. The molecule has 0 saturated heterocycles. The second-order valence-electron chi connectivity index (χ2n) is 5.44. The van der Waals surface area contributed by atoms with Gasteiger partial charge < -0.3 is 9.80 Å². The van der Waals surface area contributed by atoms with Gasteiger partial charge in [-0.05, 0) is 11.5 Å². The predicted molar refractivity (Wildman–Crippen MR) is 86.6 cm³/mol. The number of hydrogen-bond donors (Lipinski definition) is 0. The molecule has 0 fully saturated rings. The van der Waals surface area contributed by atoms with Crippen LogP contribution in [0.2, 0.25) is 0 Å². The molecule has 0 atom stereocenters. The maximum Gasteiger partial charge on any atom is 0.115 e. The molecule has 20 heavy (non-hydrogen) atoms. The molecule has 0 unspecified atom stereocenters. The van der Waals surface area contributed by atoms with E-state index in [4.69, 9.17) is 4.99 Å². The van der Waals surface area contributed by atoms with E-state index in [1.807, 2.05) is 0 Å². The van der Waals surface area contributed by atoms with E-state index in [9.17, 15) is 0 Å². The average Bonchev–Trinajstić information content (AvgIpc) is 3.14. The molecule has 3 aromatic carbocycles. The Kier molecular flexibility index (Phi) is 2.97. The quantitative estimate of drug-likeness (QED) is 0.724. The van der Waals surface area contributed by atoms with Crippen LogP contribution in [0, 0.1) is 0 Å². The van der Waals surface area contributed by atoms with Crippen LogP contribution < -0.4 is 15.2 Å². The molecule has 0 saturated carbocycles. The first-order valence-electron chi connectivity index (χ1n) is 6.75. The summed E-state index contributed by atoms with van der Waals surface area (Å²) in [5, 5.41) is 3.52. The van der Waals surface area contributed by atoms with Crippen molar-refractivity contribution in [2.75, 3.05) is 38.0 Å². The topological polar surface area (TPSA) is 18.8 Å². The molecule has 0 aromatic heterocycles. The number of hydrogen-bond acceptors (Lipinski definition) is 3. The normalized spacial score (nSPS) is 11.0. The number of rotatable bonds is 3. The second-order valence-corrected chi connectivity index (χ2v) is 5.44. The van der Waals surface area contributed by atoms with Crippen molar-refractivity contribution in [3.05, 3.63) is 47.8 Å². The molecule has 3 aromatic rings. The first kappa shape index (κ1) is 12.7. The molecule has 0 aliphatic rings. The van der Waals surface area contributed by atoms with Crippen molar-refractivity contribution in [3.63, 3.8) is 0 Å².